The van der Waals surface area contributed by atoms with Crippen LogP contribution in [0.25, 0.3) is 16.3 Å². The van der Waals surface area contributed by atoms with Crippen molar-refractivity contribution in [2.45, 2.75) is 19.9 Å². The van der Waals surface area contributed by atoms with Gasteiger partial charge in [0.1, 0.15) is 5.82 Å². The summed E-state index contributed by atoms with van der Waals surface area (Å²) in [6.45, 7) is 3.80. The summed E-state index contributed by atoms with van der Waals surface area (Å²) in [5, 5.41) is 9.11. The fourth-order valence-electron chi connectivity index (χ4n) is 3.79. The minimum absolute atomic E-state index is 0.304. The summed E-state index contributed by atoms with van der Waals surface area (Å²) in [7, 11) is 0. The molecule has 0 saturated heterocycles. The molecule has 1 atom stereocenters. The Kier molecular flexibility index (Phi) is 5.07. The summed E-state index contributed by atoms with van der Waals surface area (Å²) >= 11 is 1.51. The summed E-state index contributed by atoms with van der Waals surface area (Å²) in [5.74, 6) is 0.355. The maximum atomic E-state index is 13.9. The number of amides is 2. The van der Waals surface area contributed by atoms with Crippen molar-refractivity contribution in [3.8, 4) is 10.7 Å². The summed E-state index contributed by atoms with van der Waals surface area (Å²) < 4.78 is 19.6. The van der Waals surface area contributed by atoms with E-state index in [1.807, 2.05) is 48.7 Å². The molecule has 0 saturated carbocycles. The normalized spacial score (nSPS) is 16.4. The maximum absolute atomic E-state index is 13.9. The zero-order chi connectivity index (χ0) is 22.2. The van der Waals surface area contributed by atoms with E-state index in [2.05, 4.69) is 15.5 Å². The van der Waals surface area contributed by atoms with Gasteiger partial charge < -0.3 is 9.84 Å². The Morgan fingerprint density at radius 3 is 2.62 bits per heavy atom. The summed E-state index contributed by atoms with van der Waals surface area (Å²) in [6, 6.07) is 16.8. The highest BCUT2D eigenvalue weighted by Gasteiger charge is 2.36. The van der Waals surface area contributed by atoms with E-state index in [9.17, 15) is 9.18 Å². The van der Waals surface area contributed by atoms with E-state index < -0.39 is 11.9 Å². The van der Waals surface area contributed by atoms with Crippen LogP contribution in [0, 0.1) is 12.7 Å². The Balaban J connectivity index is 1.67. The van der Waals surface area contributed by atoms with Crippen molar-refractivity contribution in [1.29, 1.82) is 0 Å². The number of carbonyl (C=O) groups excluding carboxylic acids is 1. The number of hydrogen-bond acceptors (Lipinski definition) is 5. The van der Waals surface area contributed by atoms with Gasteiger partial charge >= 0.3 is 6.03 Å². The molecule has 0 radical (unpaired) electrons. The maximum Gasteiger partial charge on any atom is 0.327 e. The number of hydrogen-bond donors (Lipinski definition) is 1. The van der Waals surface area contributed by atoms with Gasteiger partial charge in [-0.15, -0.1) is 11.3 Å². The molecular formula is C24H19FN4O2S. The van der Waals surface area contributed by atoms with Crippen LogP contribution in [0.2, 0.25) is 0 Å². The molecule has 1 aliphatic heterocycles. The van der Waals surface area contributed by atoms with Crippen molar-refractivity contribution in [3.63, 3.8) is 0 Å². The van der Waals surface area contributed by atoms with Crippen molar-refractivity contribution in [3.05, 3.63) is 94.6 Å². The van der Waals surface area contributed by atoms with E-state index >= 15 is 0 Å². The van der Waals surface area contributed by atoms with Crippen LogP contribution in [0.5, 0.6) is 0 Å². The molecule has 0 spiro atoms. The zero-order valence-corrected chi connectivity index (χ0v) is 18.2. The van der Waals surface area contributed by atoms with Gasteiger partial charge in [-0.1, -0.05) is 47.1 Å². The van der Waals surface area contributed by atoms with Gasteiger partial charge in [0.25, 0.3) is 5.89 Å². The molecule has 2 amide bonds. The fraction of sp³-hybridized carbons (Fsp3) is 0.125. The predicted molar refractivity (Wildman–Crippen MR) is 122 cm³/mol. The first-order valence-electron chi connectivity index (χ1n) is 10.0. The molecule has 4 aromatic rings. The molecule has 5 rings (SSSR count). The Morgan fingerprint density at radius 2 is 1.91 bits per heavy atom. The quantitative estimate of drug-likeness (QED) is 0.421. The lowest BCUT2D eigenvalue weighted by Crippen LogP contribution is -2.46. The molecular weight excluding hydrogens is 427 g/mol. The van der Waals surface area contributed by atoms with Crippen LogP contribution >= 0.6 is 11.3 Å². The Hall–Kier alpha value is -3.78. The van der Waals surface area contributed by atoms with Gasteiger partial charge in [-0.05, 0) is 49.1 Å². The van der Waals surface area contributed by atoms with E-state index in [4.69, 9.17) is 4.52 Å². The number of benzene rings is 2. The lowest BCUT2D eigenvalue weighted by atomic mass is 9.94. The van der Waals surface area contributed by atoms with Gasteiger partial charge in [0.15, 0.2) is 0 Å². The first-order chi connectivity index (χ1) is 15.5. The van der Waals surface area contributed by atoms with E-state index in [1.54, 1.807) is 19.1 Å². The average molecular weight is 447 g/mol. The van der Waals surface area contributed by atoms with E-state index in [-0.39, 0.29) is 6.03 Å². The molecule has 2 aromatic carbocycles. The van der Waals surface area contributed by atoms with Crippen molar-refractivity contribution >= 4 is 28.6 Å². The van der Waals surface area contributed by atoms with Crippen LogP contribution in [-0.4, -0.2) is 16.2 Å². The van der Waals surface area contributed by atoms with Crippen LogP contribution < -0.4 is 10.2 Å². The monoisotopic (exact) mass is 446 g/mol. The number of nitrogens with zero attached hydrogens (tertiary/aromatic N) is 3. The van der Waals surface area contributed by atoms with Gasteiger partial charge in [0.2, 0.25) is 5.82 Å². The van der Waals surface area contributed by atoms with Crippen molar-refractivity contribution in [2.24, 2.45) is 0 Å². The number of urea groups is 1. The SMILES string of the molecule is CC1=C(c2nc(-c3cccs3)no2)C(c2ccc(C)cc2)NC(=O)N1c1cccc(F)c1. The van der Waals surface area contributed by atoms with Crippen LogP contribution in [0.4, 0.5) is 14.9 Å². The van der Waals surface area contributed by atoms with Crippen LogP contribution in [0.3, 0.4) is 0 Å². The topological polar surface area (TPSA) is 71.3 Å². The Labute approximate surface area is 188 Å². The van der Waals surface area contributed by atoms with Crippen LogP contribution in [-0.2, 0) is 0 Å². The third-order valence-electron chi connectivity index (χ3n) is 5.36. The largest absolute Gasteiger partial charge is 0.334 e. The van der Waals surface area contributed by atoms with E-state index in [0.29, 0.717) is 28.7 Å². The summed E-state index contributed by atoms with van der Waals surface area (Å²) in [6.07, 6.45) is 0. The van der Waals surface area contributed by atoms with E-state index in [1.165, 1.54) is 28.4 Å². The van der Waals surface area contributed by atoms with Gasteiger partial charge in [-0.3, -0.25) is 4.90 Å². The summed E-state index contributed by atoms with van der Waals surface area (Å²) in [5.41, 5.74) is 3.66. The number of nitrogens with one attached hydrogen (secondary N) is 1. The van der Waals surface area contributed by atoms with Gasteiger partial charge in [0.05, 0.1) is 22.2 Å². The number of thiophene rings is 1. The lowest BCUT2D eigenvalue weighted by Gasteiger charge is -2.35. The number of allylic oxidation sites excluding steroid dienone is 1. The van der Waals surface area contributed by atoms with Crippen molar-refractivity contribution < 1.29 is 13.7 Å². The van der Waals surface area contributed by atoms with Gasteiger partial charge in [-0.25, -0.2) is 9.18 Å². The molecule has 3 heterocycles. The number of aryl methyl sites for hydroxylation is 1. The third kappa shape index (κ3) is 3.58. The molecule has 32 heavy (non-hydrogen) atoms. The number of halogens is 1. The highest BCUT2D eigenvalue weighted by atomic mass is 32.1. The molecule has 160 valence electrons. The highest BCUT2D eigenvalue weighted by molar-refractivity contribution is 7.13. The molecule has 0 aliphatic carbocycles. The Morgan fingerprint density at radius 1 is 1.09 bits per heavy atom. The lowest BCUT2D eigenvalue weighted by molar-refractivity contribution is 0.244. The number of rotatable bonds is 4. The third-order valence-corrected chi connectivity index (χ3v) is 6.23. The van der Waals surface area contributed by atoms with Gasteiger partial charge in [0, 0.05) is 5.70 Å². The van der Waals surface area contributed by atoms with Crippen molar-refractivity contribution in [2.75, 3.05) is 4.90 Å². The average Bonchev–Trinajstić information content (AvgIpc) is 3.46. The van der Waals surface area contributed by atoms with Crippen molar-refractivity contribution in [1.82, 2.24) is 15.5 Å². The second-order valence-corrected chi connectivity index (χ2v) is 8.46. The zero-order valence-electron chi connectivity index (χ0n) is 17.4. The fourth-order valence-corrected chi connectivity index (χ4v) is 4.44. The predicted octanol–water partition coefficient (Wildman–Crippen LogP) is 5.95. The number of carbonyl (C=O) groups is 1. The molecule has 0 fully saturated rings. The van der Waals surface area contributed by atoms with Gasteiger partial charge in [-0.2, -0.15) is 4.98 Å². The number of anilines is 1. The number of aromatic nitrogens is 2. The molecule has 1 unspecified atom stereocenters. The second-order valence-electron chi connectivity index (χ2n) is 7.51. The minimum Gasteiger partial charge on any atom is -0.334 e. The standard InChI is InChI=1S/C24H19FN4O2S/c1-14-8-10-16(11-9-14)21-20(23-27-22(28-31-23)19-7-4-12-32-19)15(2)29(24(30)26-21)18-6-3-5-17(25)13-18/h3-13,21H,1-2H3,(H,26,30). The minimum atomic E-state index is -0.496. The van der Waals surface area contributed by atoms with Crippen LogP contribution in [0.15, 0.2) is 76.3 Å². The first-order valence-corrected chi connectivity index (χ1v) is 10.9. The van der Waals surface area contributed by atoms with Crippen LogP contribution in [0.1, 0.15) is 30.0 Å². The Bertz CT molecular complexity index is 1310. The molecule has 0 bridgehead atoms. The first kappa shape index (κ1) is 20.1. The molecule has 8 heteroatoms. The highest BCUT2D eigenvalue weighted by Crippen LogP contribution is 2.39. The molecule has 1 aliphatic rings. The smallest absolute Gasteiger partial charge is 0.327 e. The second kappa shape index (κ2) is 8.05. The molecule has 6 nitrogen and oxygen atoms in total. The molecule has 1 N–H and O–H groups in total. The summed E-state index contributed by atoms with van der Waals surface area (Å²) in [4.78, 5) is 20.1. The van der Waals surface area contributed by atoms with E-state index in [0.717, 1.165) is 16.0 Å². The molecule has 2 aromatic heterocycles.